The average molecular weight is 316 g/mol. The second kappa shape index (κ2) is 6.30. The van der Waals surface area contributed by atoms with E-state index >= 15 is 0 Å². The van der Waals surface area contributed by atoms with Crippen LogP contribution in [-0.2, 0) is 0 Å². The van der Waals surface area contributed by atoms with Crippen molar-refractivity contribution in [3.05, 3.63) is 34.9 Å². The van der Waals surface area contributed by atoms with Gasteiger partial charge >= 0.3 is 0 Å². The van der Waals surface area contributed by atoms with E-state index in [1.54, 1.807) is 0 Å². The largest absolute Gasteiger partial charge is 0.328 e. The molecule has 2 rings (SSSR count). The number of amides is 1. The van der Waals surface area contributed by atoms with Crippen LogP contribution in [0.2, 0.25) is 0 Å². The second-order valence-electron chi connectivity index (χ2n) is 8.47. The van der Waals surface area contributed by atoms with Crippen LogP contribution < -0.4 is 0 Å². The van der Waals surface area contributed by atoms with Crippen LogP contribution in [0.5, 0.6) is 0 Å². The first-order valence-electron chi connectivity index (χ1n) is 9.06. The minimum absolute atomic E-state index is 0.0894. The van der Waals surface area contributed by atoms with Gasteiger partial charge in [0.2, 0.25) is 0 Å². The van der Waals surface area contributed by atoms with Gasteiger partial charge in [-0.15, -0.1) is 0 Å². The zero-order valence-electron chi connectivity index (χ0n) is 16.0. The minimum Gasteiger partial charge on any atom is -0.328 e. The summed E-state index contributed by atoms with van der Waals surface area (Å²) >= 11 is 0. The molecule has 2 heteroatoms. The van der Waals surface area contributed by atoms with Crippen LogP contribution in [-0.4, -0.2) is 21.9 Å². The Morgan fingerprint density at radius 1 is 1.17 bits per heavy atom. The molecule has 0 bridgehead atoms. The Morgan fingerprint density at radius 2 is 1.74 bits per heavy atom. The molecule has 1 amide bonds. The van der Waals surface area contributed by atoms with Gasteiger partial charge in [0.25, 0.3) is 5.91 Å². The van der Waals surface area contributed by atoms with Crippen LogP contribution in [0.25, 0.3) is 0 Å². The van der Waals surface area contributed by atoms with Crippen molar-refractivity contribution in [2.24, 2.45) is 0 Å². The molecule has 1 aliphatic heterocycles. The Morgan fingerprint density at radius 3 is 2.26 bits per heavy atom. The Kier molecular flexibility index (Phi) is 4.94. The summed E-state index contributed by atoms with van der Waals surface area (Å²) in [6, 6.07) is 6.29. The molecule has 23 heavy (non-hydrogen) atoms. The molecule has 0 N–H and O–H groups in total. The first-order valence-corrected chi connectivity index (χ1v) is 9.06. The predicted molar refractivity (Wildman–Crippen MR) is 98.1 cm³/mol. The van der Waals surface area contributed by atoms with E-state index in [1.165, 1.54) is 12.0 Å². The third kappa shape index (κ3) is 3.32. The molecular formula is C21H33NO. The maximum Gasteiger partial charge on any atom is 0.255 e. The van der Waals surface area contributed by atoms with Gasteiger partial charge in [-0.3, -0.25) is 4.79 Å². The quantitative estimate of drug-likeness (QED) is 0.701. The van der Waals surface area contributed by atoms with Crippen LogP contribution in [0.1, 0.15) is 94.6 Å². The van der Waals surface area contributed by atoms with Crippen LogP contribution in [0.4, 0.5) is 0 Å². The third-order valence-electron chi connectivity index (χ3n) is 5.65. The summed E-state index contributed by atoms with van der Waals surface area (Å²) in [6.07, 6.45) is 4.39. The predicted octanol–water partition coefficient (Wildman–Crippen LogP) is 5.69. The molecule has 0 saturated carbocycles. The molecule has 1 atom stereocenters. The zero-order valence-corrected chi connectivity index (χ0v) is 16.0. The molecule has 1 unspecified atom stereocenters. The maximum atomic E-state index is 13.6. The van der Waals surface area contributed by atoms with Gasteiger partial charge in [-0.25, -0.2) is 0 Å². The fraction of sp³-hybridized carbons (Fsp3) is 0.667. The molecule has 1 heterocycles. The number of carbonyl (C=O) groups excluding carboxylic acids is 1. The maximum absolute atomic E-state index is 13.6. The summed E-state index contributed by atoms with van der Waals surface area (Å²) in [7, 11) is 0. The molecule has 128 valence electrons. The lowest BCUT2D eigenvalue weighted by atomic mass is 9.78. The van der Waals surface area contributed by atoms with Crippen LogP contribution in [0.15, 0.2) is 18.2 Å². The third-order valence-corrected chi connectivity index (χ3v) is 5.65. The molecule has 1 fully saturated rings. The van der Waals surface area contributed by atoms with Crippen molar-refractivity contribution < 1.29 is 4.79 Å². The molecule has 0 aromatic heterocycles. The highest BCUT2D eigenvalue weighted by atomic mass is 16.2. The molecule has 1 aliphatic rings. The molecule has 1 aromatic rings. The van der Waals surface area contributed by atoms with Gasteiger partial charge < -0.3 is 4.90 Å². The Bertz CT molecular complexity index is 570. The van der Waals surface area contributed by atoms with Gasteiger partial charge in [-0.05, 0) is 77.3 Å². The summed E-state index contributed by atoms with van der Waals surface area (Å²) in [5.74, 6) is 0.623. The number of hydrogen-bond donors (Lipinski definition) is 0. The number of likely N-dealkylation sites (tertiary alicyclic amines) is 1. The lowest BCUT2D eigenvalue weighted by molar-refractivity contribution is -0.0113. The number of aryl methyl sites for hydroxylation is 1. The number of hydrogen-bond acceptors (Lipinski definition) is 1. The van der Waals surface area contributed by atoms with Gasteiger partial charge in [-0.1, -0.05) is 32.0 Å². The number of nitrogens with zero attached hydrogens (tertiary/aromatic N) is 1. The van der Waals surface area contributed by atoms with E-state index in [4.69, 9.17) is 0 Å². The van der Waals surface area contributed by atoms with Crippen molar-refractivity contribution in [1.29, 1.82) is 0 Å². The van der Waals surface area contributed by atoms with Crippen LogP contribution in [0, 0.1) is 6.92 Å². The highest BCUT2D eigenvalue weighted by Crippen LogP contribution is 2.40. The van der Waals surface area contributed by atoms with Crippen molar-refractivity contribution in [1.82, 2.24) is 4.90 Å². The first kappa shape index (κ1) is 18.0. The summed E-state index contributed by atoms with van der Waals surface area (Å²) in [4.78, 5) is 15.8. The van der Waals surface area contributed by atoms with Crippen molar-refractivity contribution in [3.63, 3.8) is 0 Å². The summed E-state index contributed by atoms with van der Waals surface area (Å²) in [5.41, 5.74) is 3.06. The fourth-order valence-electron chi connectivity index (χ4n) is 4.27. The Balaban J connectivity index is 2.55. The van der Waals surface area contributed by atoms with Crippen LogP contribution >= 0.6 is 0 Å². The van der Waals surface area contributed by atoms with Crippen molar-refractivity contribution in [3.8, 4) is 0 Å². The summed E-state index contributed by atoms with van der Waals surface area (Å²) < 4.78 is 0. The van der Waals surface area contributed by atoms with E-state index in [0.29, 0.717) is 5.92 Å². The minimum atomic E-state index is -0.0894. The number of carbonyl (C=O) groups is 1. The molecule has 0 radical (unpaired) electrons. The molecule has 1 saturated heterocycles. The molecule has 0 aliphatic carbocycles. The smallest absolute Gasteiger partial charge is 0.255 e. The normalized spacial score (nSPS) is 21.1. The molecule has 2 nitrogen and oxygen atoms in total. The van der Waals surface area contributed by atoms with Crippen molar-refractivity contribution in [2.45, 2.75) is 91.1 Å². The van der Waals surface area contributed by atoms with Crippen LogP contribution in [0.3, 0.4) is 0 Å². The van der Waals surface area contributed by atoms with E-state index in [9.17, 15) is 4.79 Å². The topological polar surface area (TPSA) is 20.3 Å². The highest BCUT2D eigenvalue weighted by molar-refractivity contribution is 5.98. The first-order chi connectivity index (χ1) is 10.6. The van der Waals surface area contributed by atoms with Crippen molar-refractivity contribution >= 4 is 5.91 Å². The van der Waals surface area contributed by atoms with E-state index in [2.05, 4.69) is 71.6 Å². The number of rotatable bonds is 3. The second-order valence-corrected chi connectivity index (χ2v) is 8.47. The van der Waals surface area contributed by atoms with Crippen molar-refractivity contribution in [2.75, 3.05) is 0 Å². The Hall–Kier alpha value is -1.31. The molecule has 0 spiro atoms. The van der Waals surface area contributed by atoms with E-state index in [-0.39, 0.29) is 17.0 Å². The van der Waals surface area contributed by atoms with E-state index < -0.39 is 0 Å². The average Bonchev–Trinajstić information content (AvgIpc) is 2.43. The zero-order chi connectivity index (χ0) is 17.4. The fourth-order valence-corrected chi connectivity index (χ4v) is 4.27. The Labute approximate surface area is 142 Å². The SMILES string of the molecule is CCC(C)c1cccc(C)c1C(=O)N1C(C)(C)CCCC1(C)C. The molecule has 1 aromatic carbocycles. The van der Waals surface area contributed by atoms with E-state index in [1.807, 2.05) is 0 Å². The van der Waals surface area contributed by atoms with Gasteiger partial charge in [0, 0.05) is 16.6 Å². The standard InChI is InChI=1S/C21H33NO/c1-8-15(2)17-12-9-11-16(3)18(17)19(23)22-20(4,5)13-10-14-21(22,6)7/h9,11-12,15H,8,10,13-14H2,1-7H3. The van der Waals surface area contributed by atoms with Gasteiger partial charge in [-0.2, -0.15) is 0 Å². The highest BCUT2D eigenvalue weighted by Gasteiger charge is 2.45. The monoisotopic (exact) mass is 315 g/mol. The van der Waals surface area contributed by atoms with Gasteiger partial charge in [0.05, 0.1) is 0 Å². The lowest BCUT2D eigenvalue weighted by Gasteiger charge is -2.53. The number of benzene rings is 1. The number of piperidine rings is 1. The molecular weight excluding hydrogens is 282 g/mol. The summed E-state index contributed by atoms with van der Waals surface area (Å²) in [5, 5.41) is 0. The van der Waals surface area contributed by atoms with E-state index in [0.717, 1.165) is 30.4 Å². The van der Waals surface area contributed by atoms with Gasteiger partial charge in [0.1, 0.15) is 0 Å². The summed E-state index contributed by atoms with van der Waals surface area (Å²) in [6.45, 7) is 15.3. The lowest BCUT2D eigenvalue weighted by Crippen LogP contribution is -2.61. The van der Waals surface area contributed by atoms with Gasteiger partial charge in [0.15, 0.2) is 0 Å².